The van der Waals surface area contributed by atoms with Crippen molar-refractivity contribution >= 4 is 29.6 Å². The van der Waals surface area contributed by atoms with E-state index in [0.29, 0.717) is 28.6 Å². The zero-order valence-corrected chi connectivity index (χ0v) is 12.6. The van der Waals surface area contributed by atoms with Crippen LogP contribution in [0.25, 0.3) is 6.08 Å². The lowest BCUT2D eigenvalue weighted by atomic mass is 10.1. The zero-order valence-electron chi connectivity index (χ0n) is 11.9. The lowest BCUT2D eigenvalue weighted by Crippen LogP contribution is -2.32. The monoisotopic (exact) mass is 307 g/mol. The van der Waals surface area contributed by atoms with Crippen LogP contribution in [0.5, 0.6) is 0 Å². The first kappa shape index (κ1) is 15.6. The SMILES string of the molecule is CCN(CC1CC1)C(=O)c1ccc(/C=C/C(=O)O)c(Cl)c1. The molecule has 1 aromatic carbocycles. The van der Waals surface area contributed by atoms with Gasteiger partial charge in [-0.3, -0.25) is 4.79 Å². The van der Waals surface area contributed by atoms with Crippen molar-refractivity contribution < 1.29 is 14.7 Å². The Morgan fingerprint density at radius 2 is 2.14 bits per heavy atom. The number of carboxylic acid groups (broad SMARTS) is 1. The maximum Gasteiger partial charge on any atom is 0.328 e. The van der Waals surface area contributed by atoms with Gasteiger partial charge in [-0.05, 0) is 49.5 Å². The lowest BCUT2D eigenvalue weighted by molar-refractivity contribution is -0.131. The van der Waals surface area contributed by atoms with E-state index in [2.05, 4.69) is 0 Å². The predicted molar refractivity (Wildman–Crippen MR) is 82.4 cm³/mol. The van der Waals surface area contributed by atoms with Gasteiger partial charge >= 0.3 is 5.97 Å². The van der Waals surface area contributed by atoms with Crippen LogP contribution in [0.2, 0.25) is 5.02 Å². The van der Waals surface area contributed by atoms with Gasteiger partial charge in [0.25, 0.3) is 5.91 Å². The standard InChI is InChI=1S/C16H18ClNO3/c1-2-18(10-11-3-4-11)16(21)13-6-5-12(14(17)9-13)7-8-15(19)20/h5-9,11H,2-4,10H2,1H3,(H,19,20)/b8-7+. The number of hydrogen-bond acceptors (Lipinski definition) is 2. The Morgan fingerprint density at radius 3 is 2.67 bits per heavy atom. The van der Waals surface area contributed by atoms with Crippen molar-refractivity contribution in [2.24, 2.45) is 5.92 Å². The van der Waals surface area contributed by atoms with Crippen molar-refractivity contribution in [2.75, 3.05) is 13.1 Å². The first-order valence-electron chi connectivity index (χ1n) is 7.01. The molecule has 0 aliphatic heterocycles. The van der Waals surface area contributed by atoms with Crippen molar-refractivity contribution in [2.45, 2.75) is 19.8 Å². The zero-order chi connectivity index (χ0) is 15.4. The van der Waals surface area contributed by atoms with Crippen molar-refractivity contribution in [1.82, 2.24) is 4.90 Å². The smallest absolute Gasteiger partial charge is 0.328 e. The van der Waals surface area contributed by atoms with Gasteiger partial charge in [-0.25, -0.2) is 4.79 Å². The van der Waals surface area contributed by atoms with E-state index in [1.165, 1.54) is 18.9 Å². The van der Waals surface area contributed by atoms with Gasteiger partial charge in [0.2, 0.25) is 0 Å². The predicted octanol–water partition coefficient (Wildman–Crippen LogP) is 3.31. The topological polar surface area (TPSA) is 57.6 Å². The van der Waals surface area contributed by atoms with Crippen LogP contribution in [0, 0.1) is 5.92 Å². The number of aliphatic carboxylic acids is 1. The summed E-state index contributed by atoms with van der Waals surface area (Å²) in [6.07, 6.45) is 4.84. The van der Waals surface area contributed by atoms with Gasteiger partial charge in [-0.2, -0.15) is 0 Å². The molecule has 2 rings (SSSR count). The molecule has 0 unspecified atom stereocenters. The molecule has 5 heteroatoms. The number of benzene rings is 1. The molecule has 112 valence electrons. The second-order valence-electron chi connectivity index (χ2n) is 5.20. The van der Waals surface area contributed by atoms with E-state index in [1.807, 2.05) is 11.8 Å². The third-order valence-corrected chi connectivity index (χ3v) is 3.82. The molecule has 1 amide bonds. The quantitative estimate of drug-likeness (QED) is 0.820. The molecule has 1 saturated carbocycles. The molecular weight excluding hydrogens is 290 g/mol. The normalized spacial score (nSPS) is 14.4. The summed E-state index contributed by atoms with van der Waals surface area (Å²) in [6, 6.07) is 4.95. The maximum atomic E-state index is 12.4. The molecule has 1 aliphatic carbocycles. The summed E-state index contributed by atoms with van der Waals surface area (Å²) in [7, 11) is 0. The van der Waals surface area contributed by atoms with Crippen molar-refractivity contribution in [3.05, 3.63) is 40.4 Å². The highest BCUT2D eigenvalue weighted by Crippen LogP contribution is 2.30. The summed E-state index contributed by atoms with van der Waals surface area (Å²) < 4.78 is 0. The largest absolute Gasteiger partial charge is 0.478 e. The minimum absolute atomic E-state index is 0.0277. The number of carboxylic acids is 1. The third kappa shape index (κ3) is 4.33. The summed E-state index contributed by atoms with van der Waals surface area (Å²) in [4.78, 5) is 24.8. The van der Waals surface area contributed by atoms with E-state index in [9.17, 15) is 9.59 Å². The number of nitrogens with zero attached hydrogens (tertiary/aromatic N) is 1. The van der Waals surface area contributed by atoms with Crippen LogP contribution in [0.3, 0.4) is 0 Å². The van der Waals surface area contributed by atoms with Crippen molar-refractivity contribution in [3.63, 3.8) is 0 Å². The van der Waals surface area contributed by atoms with E-state index in [4.69, 9.17) is 16.7 Å². The van der Waals surface area contributed by atoms with Gasteiger partial charge in [0, 0.05) is 29.8 Å². The van der Waals surface area contributed by atoms with Crippen LogP contribution in [-0.4, -0.2) is 35.0 Å². The van der Waals surface area contributed by atoms with Gasteiger partial charge in [-0.15, -0.1) is 0 Å². The molecule has 1 aromatic rings. The Kier molecular flexibility index (Phi) is 5.02. The van der Waals surface area contributed by atoms with Gasteiger partial charge in [-0.1, -0.05) is 17.7 Å². The fourth-order valence-electron chi connectivity index (χ4n) is 2.11. The summed E-state index contributed by atoms with van der Waals surface area (Å²) in [5, 5.41) is 8.99. The van der Waals surface area contributed by atoms with Crippen LogP contribution in [0.1, 0.15) is 35.7 Å². The summed E-state index contributed by atoms with van der Waals surface area (Å²) in [5.74, 6) is -0.421. The Morgan fingerprint density at radius 1 is 1.43 bits per heavy atom. The van der Waals surface area contributed by atoms with E-state index in [-0.39, 0.29) is 5.91 Å². The number of amides is 1. The molecule has 21 heavy (non-hydrogen) atoms. The van der Waals surface area contributed by atoms with Crippen LogP contribution < -0.4 is 0 Å². The fourth-order valence-corrected chi connectivity index (χ4v) is 2.35. The molecule has 1 aliphatic rings. The van der Waals surface area contributed by atoms with E-state index in [0.717, 1.165) is 12.6 Å². The Balaban J connectivity index is 2.14. The Bertz CT molecular complexity index is 579. The van der Waals surface area contributed by atoms with Gasteiger partial charge in [0.1, 0.15) is 0 Å². The average Bonchev–Trinajstić information content (AvgIpc) is 3.26. The first-order chi connectivity index (χ1) is 10.0. The number of carbonyl (C=O) groups excluding carboxylic acids is 1. The maximum absolute atomic E-state index is 12.4. The molecule has 0 heterocycles. The van der Waals surface area contributed by atoms with Crippen LogP contribution in [0.4, 0.5) is 0 Å². The average molecular weight is 308 g/mol. The molecule has 0 bridgehead atoms. The highest BCUT2D eigenvalue weighted by Gasteiger charge is 2.26. The molecule has 1 N–H and O–H groups in total. The third-order valence-electron chi connectivity index (χ3n) is 3.50. The van der Waals surface area contributed by atoms with Crippen molar-refractivity contribution in [1.29, 1.82) is 0 Å². The molecule has 4 nitrogen and oxygen atoms in total. The molecule has 1 fully saturated rings. The number of rotatable bonds is 6. The van der Waals surface area contributed by atoms with E-state index in [1.54, 1.807) is 18.2 Å². The highest BCUT2D eigenvalue weighted by atomic mass is 35.5. The number of carbonyl (C=O) groups is 2. The van der Waals surface area contributed by atoms with Gasteiger partial charge in [0.05, 0.1) is 0 Å². The fraction of sp³-hybridized carbons (Fsp3) is 0.375. The minimum atomic E-state index is -1.03. The van der Waals surface area contributed by atoms with Gasteiger partial charge in [0.15, 0.2) is 0 Å². The van der Waals surface area contributed by atoms with Crippen LogP contribution >= 0.6 is 11.6 Å². The molecular formula is C16H18ClNO3. The molecule has 0 aromatic heterocycles. The first-order valence-corrected chi connectivity index (χ1v) is 7.39. The number of halogens is 1. The van der Waals surface area contributed by atoms with Crippen LogP contribution in [-0.2, 0) is 4.79 Å². The molecule has 0 atom stereocenters. The molecule has 0 spiro atoms. The van der Waals surface area contributed by atoms with Crippen molar-refractivity contribution in [3.8, 4) is 0 Å². The highest BCUT2D eigenvalue weighted by molar-refractivity contribution is 6.32. The van der Waals surface area contributed by atoms with Gasteiger partial charge < -0.3 is 10.0 Å². The van der Waals surface area contributed by atoms with Crippen LogP contribution in [0.15, 0.2) is 24.3 Å². The second-order valence-corrected chi connectivity index (χ2v) is 5.60. The summed E-state index contributed by atoms with van der Waals surface area (Å²) in [5.41, 5.74) is 1.12. The molecule has 0 radical (unpaired) electrons. The number of hydrogen-bond donors (Lipinski definition) is 1. The Hall–Kier alpha value is -1.81. The van der Waals surface area contributed by atoms with E-state index < -0.39 is 5.97 Å². The Labute approximate surface area is 129 Å². The second kappa shape index (κ2) is 6.76. The van der Waals surface area contributed by atoms with E-state index >= 15 is 0 Å². The minimum Gasteiger partial charge on any atom is -0.478 e. The summed E-state index contributed by atoms with van der Waals surface area (Å²) in [6.45, 7) is 3.44. The lowest BCUT2D eigenvalue weighted by Gasteiger charge is -2.21. The molecule has 0 saturated heterocycles. The summed E-state index contributed by atoms with van der Waals surface area (Å²) >= 11 is 6.11.